The quantitative estimate of drug-likeness (QED) is 0.432. The van der Waals surface area contributed by atoms with Gasteiger partial charge in [-0.05, 0) is 33.6 Å². The van der Waals surface area contributed by atoms with Crippen LogP contribution in [0.4, 0.5) is 0 Å². The number of nitrogens with one attached hydrogen (secondary N) is 1. The van der Waals surface area contributed by atoms with Crippen molar-refractivity contribution in [1.29, 1.82) is 0 Å². The Bertz CT molecular complexity index is 775. The summed E-state index contributed by atoms with van der Waals surface area (Å²) in [6.45, 7) is 7.70. The Labute approximate surface area is 183 Å². The second kappa shape index (κ2) is 12.1. The number of carbonyl (C=O) groups excluding carboxylic acids is 2. The van der Waals surface area contributed by atoms with Crippen LogP contribution in [-0.4, -0.2) is 25.2 Å². The Morgan fingerprint density at radius 1 is 0.931 bits per heavy atom. The van der Waals surface area contributed by atoms with E-state index in [0.29, 0.717) is 22.5 Å². The molecule has 2 aromatic rings. The Balaban J connectivity index is 0.000000610. The number of esters is 2. The van der Waals surface area contributed by atoms with Crippen LogP contribution in [0.1, 0.15) is 39.2 Å². The molecule has 0 radical (unpaired) electrons. The van der Waals surface area contributed by atoms with Gasteiger partial charge in [0.25, 0.3) is 0 Å². The van der Waals surface area contributed by atoms with Crippen molar-refractivity contribution >= 4 is 11.9 Å². The SMILES string of the molecule is CCOC(=O)C1=C(C)NC(C)=C(C(=O)OCC)C1c1cc[cH-]c1.[Fe+2].c1cc[cH-]c1. The first-order chi connectivity index (χ1) is 13.5. The molecule has 0 unspecified atom stereocenters. The Kier molecular flexibility index (Phi) is 10.2. The van der Waals surface area contributed by atoms with Gasteiger partial charge in [0.2, 0.25) is 0 Å². The van der Waals surface area contributed by atoms with Crippen LogP contribution in [0.5, 0.6) is 0 Å². The molecule has 0 aliphatic carbocycles. The van der Waals surface area contributed by atoms with Crippen molar-refractivity contribution in [3.05, 3.63) is 82.7 Å². The number of hydrogen-bond donors (Lipinski definition) is 1. The molecule has 5 nitrogen and oxygen atoms in total. The first kappa shape index (κ1) is 24.5. The summed E-state index contributed by atoms with van der Waals surface area (Å²) in [5.41, 5.74) is 3.16. The number of dihydropyridines is 1. The fourth-order valence-electron chi connectivity index (χ4n) is 3.19. The van der Waals surface area contributed by atoms with Crippen LogP contribution in [0, 0.1) is 0 Å². The third kappa shape index (κ3) is 6.21. The predicted octanol–water partition coefficient (Wildman–Crippen LogP) is 4.17. The van der Waals surface area contributed by atoms with Crippen molar-refractivity contribution in [2.75, 3.05) is 13.2 Å². The first-order valence-corrected chi connectivity index (χ1v) is 9.42. The van der Waals surface area contributed by atoms with Crippen molar-refractivity contribution in [2.45, 2.75) is 33.6 Å². The zero-order valence-corrected chi connectivity index (χ0v) is 18.3. The van der Waals surface area contributed by atoms with Gasteiger partial charge < -0.3 is 14.8 Å². The van der Waals surface area contributed by atoms with Crippen molar-refractivity contribution < 1.29 is 36.1 Å². The summed E-state index contributed by atoms with van der Waals surface area (Å²) in [6.07, 6.45) is 0. The number of allylic oxidation sites excluding steroid dienone is 2. The minimum absolute atomic E-state index is 0. The third-order valence-electron chi connectivity index (χ3n) is 4.33. The molecule has 29 heavy (non-hydrogen) atoms. The van der Waals surface area contributed by atoms with E-state index in [0.717, 1.165) is 5.56 Å². The summed E-state index contributed by atoms with van der Waals surface area (Å²) < 4.78 is 10.4. The minimum atomic E-state index is -0.482. The molecule has 3 rings (SSSR count). The molecule has 1 aliphatic heterocycles. The molecular formula is C23H27FeNO4. The van der Waals surface area contributed by atoms with Crippen LogP contribution in [0.2, 0.25) is 0 Å². The molecule has 6 heteroatoms. The number of ether oxygens (including phenoxy) is 2. The van der Waals surface area contributed by atoms with E-state index in [1.165, 1.54) is 0 Å². The van der Waals surface area contributed by atoms with Crippen LogP contribution in [0.15, 0.2) is 77.1 Å². The first-order valence-electron chi connectivity index (χ1n) is 9.42. The van der Waals surface area contributed by atoms with Crippen molar-refractivity contribution in [2.24, 2.45) is 0 Å². The van der Waals surface area contributed by atoms with Crippen LogP contribution in [0.25, 0.3) is 0 Å². The maximum Gasteiger partial charge on any atom is 2.00 e. The molecule has 0 spiro atoms. The maximum atomic E-state index is 12.5. The average molecular weight is 437 g/mol. The normalized spacial score (nSPS) is 13.7. The molecule has 2 aromatic carbocycles. The monoisotopic (exact) mass is 437 g/mol. The fraction of sp³-hybridized carbons (Fsp3) is 0.304. The van der Waals surface area contributed by atoms with Gasteiger partial charge in [-0.2, -0.15) is 42.0 Å². The molecular weight excluding hydrogens is 410 g/mol. The van der Waals surface area contributed by atoms with Gasteiger partial charge in [-0.3, -0.25) is 0 Å². The minimum Gasteiger partial charge on any atom is -0.463 e. The molecule has 156 valence electrons. The summed E-state index contributed by atoms with van der Waals surface area (Å²) in [7, 11) is 0. The van der Waals surface area contributed by atoms with Crippen molar-refractivity contribution in [1.82, 2.24) is 5.32 Å². The zero-order valence-electron chi connectivity index (χ0n) is 17.2. The van der Waals surface area contributed by atoms with Gasteiger partial charge >= 0.3 is 29.0 Å². The summed E-state index contributed by atoms with van der Waals surface area (Å²) in [4.78, 5) is 24.9. The van der Waals surface area contributed by atoms with E-state index in [2.05, 4.69) is 5.32 Å². The molecule has 0 aromatic heterocycles. The van der Waals surface area contributed by atoms with E-state index in [9.17, 15) is 9.59 Å². The maximum absolute atomic E-state index is 12.5. The molecule has 1 aliphatic rings. The zero-order chi connectivity index (χ0) is 20.5. The third-order valence-corrected chi connectivity index (χ3v) is 4.33. The second-order valence-electron chi connectivity index (χ2n) is 6.26. The van der Waals surface area contributed by atoms with Crippen LogP contribution in [0.3, 0.4) is 0 Å². The van der Waals surface area contributed by atoms with Gasteiger partial charge in [-0.15, -0.1) is 0 Å². The molecule has 0 fully saturated rings. The van der Waals surface area contributed by atoms with E-state index in [4.69, 9.17) is 9.47 Å². The van der Waals surface area contributed by atoms with E-state index in [-0.39, 0.29) is 30.3 Å². The molecule has 0 saturated heterocycles. The predicted molar refractivity (Wildman–Crippen MR) is 109 cm³/mol. The van der Waals surface area contributed by atoms with E-state index in [1.54, 1.807) is 13.8 Å². The topological polar surface area (TPSA) is 64.6 Å². The van der Waals surface area contributed by atoms with Crippen molar-refractivity contribution in [3.8, 4) is 0 Å². The average Bonchev–Trinajstić information content (AvgIpc) is 3.37. The smallest absolute Gasteiger partial charge is 0.463 e. The van der Waals surface area contributed by atoms with E-state index >= 15 is 0 Å². The van der Waals surface area contributed by atoms with Gasteiger partial charge in [-0.1, -0.05) is 0 Å². The Morgan fingerprint density at radius 3 is 1.79 bits per heavy atom. The van der Waals surface area contributed by atoms with Gasteiger partial charge in [0.05, 0.1) is 24.4 Å². The molecule has 1 heterocycles. The van der Waals surface area contributed by atoms with E-state index < -0.39 is 17.9 Å². The summed E-state index contributed by atoms with van der Waals surface area (Å²) >= 11 is 0. The molecule has 0 bridgehead atoms. The van der Waals surface area contributed by atoms with Gasteiger partial charge in [-0.25, -0.2) is 27.8 Å². The Hall–Kier alpha value is -2.56. The Morgan fingerprint density at radius 2 is 1.45 bits per heavy atom. The van der Waals surface area contributed by atoms with Crippen LogP contribution >= 0.6 is 0 Å². The van der Waals surface area contributed by atoms with Gasteiger partial charge in [0, 0.05) is 11.4 Å². The van der Waals surface area contributed by atoms with Gasteiger partial charge in [0.1, 0.15) is 0 Å². The van der Waals surface area contributed by atoms with E-state index in [1.807, 2.05) is 68.4 Å². The number of hydrogen-bond acceptors (Lipinski definition) is 5. The van der Waals surface area contributed by atoms with Crippen LogP contribution < -0.4 is 5.32 Å². The van der Waals surface area contributed by atoms with Crippen molar-refractivity contribution in [3.63, 3.8) is 0 Å². The molecule has 1 N–H and O–H groups in total. The fourth-order valence-corrected chi connectivity index (χ4v) is 3.19. The number of carbonyl (C=O) groups is 2. The standard InChI is InChI=1S/C18H22NO4.C5H5.Fe/c1-5-22-17(20)14-11(3)19-12(4)15(18(21)23-6-2)16(14)13-9-7-8-10-13;1-2-4-5-3-1;/h7-10,16,19H,5-6H2,1-4H3;1-5H;/q2*-1;+2. The van der Waals surface area contributed by atoms with Crippen LogP contribution in [-0.2, 0) is 36.1 Å². The molecule has 0 atom stereocenters. The second-order valence-corrected chi connectivity index (χ2v) is 6.26. The summed E-state index contributed by atoms with van der Waals surface area (Å²) in [6, 6.07) is 17.6. The summed E-state index contributed by atoms with van der Waals surface area (Å²) in [5.74, 6) is -1.32. The van der Waals surface area contributed by atoms with Gasteiger partial charge in [0.15, 0.2) is 0 Å². The largest absolute Gasteiger partial charge is 2.00 e. The summed E-state index contributed by atoms with van der Waals surface area (Å²) in [5, 5.41) is 3.11. The molecule has 0 saturated carbocycles. The molecule has 0 amide bonds. The number of rotatable bonds is 5.